The van der Waals surface area contributed by atoms with Crippen LogP contribution >= 0.6 is 11.8 Å². The zero-order chi connectivity index (χ0) is 16.7. The number of thioether (sulfide) groups is 1. The van der Waals surface area contributed by atoms with Gasteiger partial charge in [0.25, 0.3) is 0 Å². The van der Waals surface area contributed by atoms with Crippen LogP contribution in [0.4, 0.5) is 5.69 Å². The minimum atomic E-state index is -0.393. The van der Waals surface area contributed by atoms with Crippen molar-refractivity contribution in [2.45, 2.75) is 26.7 Å². The molecule has 0 saturated heterocycles. The van der Waals surface area contributed by atoms with Gasteiger partial charge in [0.05, 0.1) is 23.0 Å². The summed E-state index contributed by atoms with van der Waals surface area (Å²) < 4.78 is 0. The quantitative estimate of drug-likeness (QED) is 0.896. The Morgan fingerprint density at radius 1 is 1.48 bits per heavy atom. The first-order chi connectivity index (χ1) is 11.0. The molecule has 0 spiro atoms. The molecule has 0 atom stereocenters. The van der Waals surface area contributed by atoms with Gasteiger partial charge in [0.1, 0.15) is 0 Å². The maximum atomic E-state index is 12.5. The van der Waals surface area contributed by atoms with E-state index in [4.69, 9.17) is 0 Å². The number of hydrogen-bond acceptors (Lipinski definition) is 4. The van der Waals surface area contributed by atoms with Gasteiger partial charge in [-0.1, -0.05) is 19.9 Å². The molecule has 1 aliphatic heterocycles. The van der Waals surface area contributed by atoms with Crippen molar-refractivity contribution >= 4 is 23.4 Å². The Bertz CT molecular complexity index is 581. The van der Waals surface area contributed by atoms with Crippen molar-refractivity contribution in [1.82, 2.24) is 10.3 Å². The average Bonchev–Trinajstić information content (AvgIpc) is 2.50. The minimum absolute atomic E-state index is 0.0504. The van der Waals surface area contributed by atoms with Crippen molar-refractivity contribution in [2.24, 2.45) is 5.41 Å². The standard InChI is InChI=1S/C18H25N3OS/c1-18(2,14-23-3)17(22)20-15-8-5-4-6-11-21(13-15)16-9-7-10-19-12-16/h5,7-10,12-13H,4,6,11,14H2,1-3H3,(H,20,22). The number of pyridine rings is 1. The lowest BCUT2D eigenvalue weighted by atomic mass is 9.95. The maximum absolute atomic E-state index is 12.5. The number of anilines is 1. The van der Waals surface area contributed by atoms with E-state index in [9.17, 15) is 4.79 Å². The summed E-state index contributed by atoms with van der Waals surface area (Å²) in [4.78, 5) is 18.9. The third-order valence-corrected chi connectivity index (χ3v) is 4.73. The number of nitrogens with zero attached hydrogens (tertiary/aromatic N) is 2. The number of amides is 1. The summed E-state index contributed by atoms with van der Waals surface area (Å²) in [6.45, 7) is 4.86. The molecule has 1 aliphatic rings. The molecule has 0 saturated carbocycles. The highest BCUT2D eigenvalue weighted by atomic mass is 32.2. The lowest BCUT2D eigenvalue weighted by Gasteiger charge is -2.26. The van der Waals surface area contributed by atoms with E-state index >= 15 is 0 Å². The number of nitrogens with one attached hydrogen (secondary N) is 1. The van der Waals surface area contributed by atoms with Gasteiger partial charge in [-0.15, -0.1) is 0 Å². The second kappa shape index (κ2) is 8.20. The first kappa shape index (κ1) is 17.6. The highest BCUT2D eigenvalue weighted by Crippen LogP contribution is 2.22. The molecule has 4 nitrogen and oxygen atoms in total. The SMILES string of the molecule is CSCC(C)(C)C(=O)NC1=CN(c2cccnc2)CCCC=C1. The molecule has 0 bridgehead atoms. The van der Waals surface area contributed by atoms with Crippen LogP contribution in [0.3, 0.4) is 0 Å². The van der Waals surface area contributed by atoms with Crippen molar-refractivity contribution in [3.8, 4) is 0 Å². The molecule has 5 heteroatoms. The van der Waals surface area contributed by atoms with Crippen LogP contribution in [0, 0.1) is 5.41 Å². The number of rotatable bonds is 5. The van der Waals surface area contributed by atoms with Gasteiger partial charge < -0.3 is 10.2 Å². The molecule has 0 aromatic carbocycles. The largest absolute Gasteiger partial charge is 0.345 e. The molecule has 0 unspecified atom stereocenters. The smallest absolute Gasteiger partial charge is 0.230 e. The van der Waals surface area contributed by atoms with Crippen molar-refractivity contribution in [3.05, 3.63) is 48.6 Å². The monoisotopic (exact) mass is 331 g/mol. The topological polar surface area (TPSA) is 45.2 Å². The van der Waals surface area contributed by atoms with Crippen LogP contribution in [-0.4, -0.2) is 29.4 Å². The van der Waals surface area contributed by atoms with Crippen LogP contribution in [0.1, 0.15) is 26.7 Å². The maximum Gasteiger partial charge on any atom is 0.230 e. The first-order valence-electron chi connectivity index (χ1n) is 7.88. The van der Waals surface area contributed by atoms with Crippen LogP contribution in [-0.2, 0) is 4.79 Å². The fourth-order valence-corrected chi connectivity index (χ4v) is 3.25. The molecule has 1 aromatic rings. The van der Waals surface area contributed by atoms with Gasteiger partial charge in [0.2, 0.25) is 5.91 Å². The van der Waals surface area contributed by atoms with E-state index < -0.39 is 5.41 Å². The van der Waals surface area contributed by atoms with E-state index in [0.29, 0.717) is 0 Å². The highest BCUT2D eigenvalue weighted by molar-refractivity contribution is 7.98. The van der Waals surface area contributed by atoms with Gasteiger partial charge in [-0.3, -0.25) is 9.78 Å². The Kier molecular flexibility index (Phi) is 6.28. The van der Waals surface area contributed by atoms with Crippen molar-refractivity contribution in [2.75, 3.05) is 23.5 Å². The van der Waals surface area contributed by atoms with Gasteiger partial charge in [-0.25, -0.2) is 0 Å². The summed E-state index contributed by atoms with van der Waals surface area (Å²) >= 11 is 1.69. The van der Waals surface area contributed by atoms with E-state index in [2.05, 4.69) is 21.3 Å². The van der Waals surface area contributed by atoms with Crippen molar-refractivity contribution < 1.29 is 4.79 Å². The molecule has 1 N–H and O–H groups in total. The second-order valence-electron chi connectivity index (χ2n) is 6.30. The first-order valence-corrected chi connectivity index (χ1v) is 9.28. The molecular formula is C18H25N3OS. The van der Waals surface area contributed by atoms with Crippen LogP contribution in [0.15, 0.2) is 48.6 Å². The Morgan fingerprint density at radius 3 is 3.00 bits per heavy atom. The lowest BCUT2D eigenvalue weighted by molar-refractivity contribution is -0.127. The molecule has 23 heavy (non-hydrogen) atoms. The summed E-state index contributed by atoms with van der Waals surface area (Å²) in [6.07, 6.45) is 13.8. The van der Waals surface area contributed by atoms with E-state index in [1.54, 1.807) is 18.0 Å². The number of allylic oxidation sites excluding steroid dienone is 2. The predicted molar refractivity (Wildman–Crippen MR) is 98.3 cm³/mol. The molecule has 124 valence electrons. The molecule has 0 aliphatic carbocycles. The van der Waals surface area contributed by atoms with Crippen LogP contribution in [0.2, 0.25) is 0 Å². The summed E-state index contributed by atoms with van der Waals surface area (Å²) in [6, 6.07) is 3.96. The fraction of sp³-hybridized carbons (Fsp3) is 0.444. The van der Waals surface area contributed by atoms with Gasteiger partial charge in [-0.05, 0) is 37.3 Å². The lowest BCUT2D eigenvalue weighted by Crippen LogP contribution is -2.38. The summed E-state index contributed by atoms with van der Waals surface area (Å²) in [5, 5.41) is 3.07. The summed E-state index contributed by atoms with van der Waals surface area (Å²) in [5.41, 5.74) is 1.47. The molecule has 1 aromatic heterocycles. The van der Waals surface area contributed by atoms with Crippen LogP contribution < -0.4 is 10.2 Å². The Labute approximate surface area is 143 Å². The van der Waals surface area contributed by atoms with E-state index in [0.717, 1.165) is 36.5 Å². The molecule has 1 amide bonds. The normalized spacial score (nSPS) is 15.6. The molecule has 0 radical (unpaired) electrons. The van der Waals surface area contributed by atoms with Gasteiger partial charge in [-0.2, -0.15) is 11.8 Å². The van der Waals surface area contributed by atoms with Gasteiger partial charge >= 0.3 is 0 Å². The molecule has 2 rings (SSSR count). The van der Waals surface area contributed by atoms with Crippen LogP contribution in [0.25, 0.3) is 0 Å². The van der Waals surface area contributed by atoms with Crippen molar-refractivity contribution in [1.29, 1.82) is 0 Å². The minimum Gasteiger partial charge on any atom is -0.345 e. The molecule has 0 fully saturated rings. The number of aromatic nitrogens is 1. The Balaban J connectivity index is 2.18. The number of carbonyl (C=O) groups excluding carboxylic acids is 1. The Hall–Kier alpha value is -1.75. The predicted octanol–water partition coefficient (Wildman–Crippen LogP) is 3.58. The fourth-order valence-electron chi connectivity index (χ4n) is 2.39. The third-order valence-electron chi connectivity index (χ3n) is 3.72. The molecule has 2 heterocycles. The van der Waals surface area contributed by atoms with Crippen LogP contribution in [0.5, 0.6) is 0 Å². The zero-order valence-electron chi connectivity index (χ0n) is 14.1. The van der Waals surface area contributed by atoms with E-state index in [1.165, 1.54) is 0 Å². The Morgan fingerprint density at radius 2 is 2.30 bits per heavy atom. The third kappa shape index (κ3) is 5.13. The van der Waals surface area contributed by atoms with E-state index in [1.807, 2.05) is 50.7 Å². The zero-order valence-corrected chi connectivity index (χ0v) is 14.9. The van der Waals surface area contributed by atoms with Gasteiger partial charge in [0, 0.05) is 24.7 Å². The summed E-state index contributed by atoms with van der Waals surface area (Å²) in [5.74, 6) is 0.844. The highest BCUT2D eigenvalue weighted by Gasteiger charge is 2.27. The second-order valence-corrected chi connectivity index (χ2v) is 7.17. The van der Waals surface area contributed by atoms with E-state index in [-0.39, 0.29) is 5.91 Å². The number of carbonyl (C=O) groups is 1. The molecular weight excluding hydrogens is 306 g/mol. The van der Waals surface area contributed by atoms with Gasteiger partial charge in [0.15, 0.2) is 0 Å². The average molecular weight is 331 g/mol. The van der Waals surface area contributed by atoms with Crippen molar-refractivity contribution in [3.63, 3.8) is 0 Å². The number of hydrogen-bond donors (Lipinski definition) is 1. The summed E-state index contributed by atoms with van der Waals surface area (Å²) in [7, 11) is 0.